The van der Waals surface area contributed by atoms with E-state index in [1.165, 1.54) is 16.5 Å². The van der Waals surface area contributed by atoms with Gasteiger partial charge in [0.2, 0.25) is 0 Å². The van der Waals surface area contributed by atoms with Crippen LogP contribution >= 0.6 is 11.6 Å². The van der Waals surface area contributed by atoms with Crippen molar-refractivity contribution >= 4 is 34.0 Å². The van der Waals surface area contributed by atoms with Gasteiger partial charge in [-0.15, -0.1) is 0 Å². The van der Waals surface area contributed by atoms with Crippen molar-refractivity contribution in [3.63, 3.8) is 0 Å². The molecule has 3 aromatic carbocycles. The Labute approximate surface area is 157 Å². The summed E-state index contributed by atoms with van der Waals surface area (Å²) in [5, 5.41) is 5.93. The molecule has 4 heteroatoms. The summed E-state index contributed by atoms with van der Waals surface area (Å²) >= 11 is 6.15. The highest BCUT2D eigenvalue weighted by Gasteiger charge is 2.22. The molecule has 26 heavy (non-hydrogen) atoms. The zero-order chi connectivity index (χ0) is 18.1. The summed E-state index contributed by atoms with van der Waals surface area (Å²) in [6, 6.07) is 17.6. The molecule has 1 aliphatic carbocycles. The van der Waals surface area contributed by atoms with Crippen LogP contribution in [0.15, 0.2) is 54.6 Å². The minimum absolute atomic E-state index is 0.161. The Bertz CT molecular complexity index is 973. The summed E-state index contributed by atoms with van der Waals surface area (Å²) in [4.78, 5) is 12.8. The number of halogens is 1. The van der Waals surface area contributed by atoms with E-state index in [0.717, 1.165) is 23.9 Å². The number of hydrogen-bond acceptors (Lipinski definition) is 2. The minimum Gasteiger partial charge on any atom is -0.479 e. The molecule has 0 fully saturated rings. The van der Waals surface area contributed by atoms with Crippen LogP contribution in [-0.4, -0.2) is 12.0 Å². The molecular weight excluding hydrogens is 346 g/mol. The molecule has 0 heterocycles. The fourth-order valence-electron chi connectivity index (χ4n) is 3.58. The van der Waals surface area contributed by atoms with Gasteiger partial charge in [0, 0.05) is 11.1 Å². The minimum atomic E-state index is -0.599. The monoisotopic (exact) mass is 365 g/mol. The SMILES string of the molecule is CC[C@H](Oc1ccccc1Cl)C(=O)Nc1ccc2c3c(cccc13)CC2. The molecule has 3 aromatic rings. The van der Waals surface area contributed by atoms with Gasteiger partial charge in [0.05, 0.1) is 5.02 Å². The first-order valence-corrected chi connectivity index (χ1v) is 9.30. The average Bonchev–Trinajstić information content (AvgIpc) is 3.08. The van der Waals surface area contributed by atoms with Crippen molar-refractivity contribution in [2.75, 3.05) is 5.32 Å². The van der Waals surface area contributed by atoms with E-state index in [1.807, 2.05) is 25.1 Å². The zero-order valence-electron chi connectivity index (χ0n) is 14.6. The maximum atomic E-state index is 12.8. The first-order chi connectivity index (χ1) is 12.7. The van der Waals surface area contributed by atoms with Gasteiger partial charge in [0.15, 0.2) is 6.10 Å². The number of anilines is 1. The lowest BCUT2D eigenvalue weighted by Crippen LogP contribution is -2.32. The van der Waals surface area contributed by atoms with Crippen molar-refractivity contribution < 1.29 is 9.53 Å². The van der Waals surface area contributed by atoms with Crippen molar-refractivity contribution in [2.24, 2.45) is 0 Å². The van der Waals surface area contributed by atoms with E-state index >= 15 is 0 Å². The summed E-state index contributed by atoms with van der Waals surface area (Å²) in [6.45, 7) is 1.93. The fourth-order valence-corrected chi connectivity index (χ4v) is 3.77. The first kappa shape index (κ1) is 16.9. The number of carbonyl (C=O) groups excluding carboxylic acids is 1. The molecule has 1 aliphatic rings. The third-order valence-corrected chi connectivity index (χ3v) is 5.22. The third kappa shape index (κ3) is 3.04. The number of para-hydroxylation sites is 1. The predicted molar refractivity (Wildman–Crippen MR) is 106 cm³/mol. The normalized spacial score (nSPS) is 13.6. The standard InChI is InChI=1S/C22H20ClNO2/c1-2-19(26-20-9-4-3-8-17(20)23)22(25)24-18-13-12-15-11-10-14-6-5-7-16(18)21(14)15/h3-9,12-13,19H,2,10-11H2,1H3,(H,24,25)/t19-/m0/s1. The second-order valence-electron chi connectivity index (χ2n) is 6.55. The van der Waals surface area contributed by atoms with E-state index in [9.17, 15) is 4.79 Å². The molecule has 0 saturated heterocycles. The number of rotatable bonds is 5. The van der Waals surface area contributed by atoms with Gasteiger partial charge < -0.3 is 10.1 Å². The summed E-state index contributed by atoms with van der Waals surface area (Å²) in [7, 11) is 0. The van der Waals surface area contributed by atoms with Crippen LogP contribution in [-0.2, 0) is 17.6 Å². The smallest absolute Gasteiger partial charge is 0.265 e. The van der Waals surface area contributed by atoms with Gasteiger partial charge >= 0.3 is 0 Å². The van der Waals surface area contributed by atoms with Gasteiger partial charge in [0.25, 0.3) is 5.91 Å². The molecule has 0 saturated carbocycles. The summed E-state index contributed by atoms with van der Waals surface area (Å²) in [6.07, 6.45) is 2.09. The Hall–Kier alpha value is -2.52. The van der Waals surface area contributed by atoms with Crippen molar-refractivity contribution in [3.8, 4) is 5.75 Å². The molecule has 0 unspecified atom stereocenters. The third-order valence-electron chi connectivity index (χ3n) is 4.90. The molecule has 0 aromatic heterocycles. The zero-order valence-corrected chi connectivity index (χ0v) is 15.3. The number of hydrogen-bond donors (Lipinski definition) is 1. The number of benzene rings is 3. The lowest BCUT2D eigenvalue weighted by Gasteiger charge is -2.19. The van der Waals surface area contributed by atoms with Crippen molar-refractivity contribution in [3.05, 3.63) is 70.7 Å². The first-order valence-electron chi connectivity index (χ1n) is 8.93. The molecule has 1 atom stereocenters. The lowest BCUT2D eigenvalue weighted by molar-refractivity contribution is -0.122. The van der Waals surface area contributed by atoms with Gasteiger partial charge in [-0.1, -0.05) is 54.9 Å². The highest BCUT2D eigenvalue weighted by Crippen LogP contribution is 2.35. The molecular formula is C22H20ClNO2. The van der Waals surface area contributed by atoms with Gasteiger partial charge in [0.1, 0.15) is 5.75 Å². The maximum Gasteiger partial charge on any atom is 0.265 e. The summed E-state index contributed by atoms with van der Waals surface area (Å²) in [5.74, 6) is 0.364. The molecule has 0 aliphatic heterocycles. The van der Waals surface area contributed by atoms with E-state index < -0.39 is 6.10 Å². The Morgan fingerprint density at radius 3 is 2.62 bits per heavy atom. The van der Waals surface area contributed by atoms with E-state index in [4.69, 9.17) is 16.3 Å². The van der Waals surface area contributed by atoms with Crippen molar-refractivity contribution in [1.82, 2.24) is 0 Å². The molecule has 0 bridgehead atoms. The topological polar surface area (TPSA) is 38.3 Å². The maximum absolute atomic E-state index is 12.8. The Morgan fingerprint density at radius 1 is 1.08 bits per heavy atom. The Morgan fingerprint density at radius 2 is 1.85 bits per heavy atom. The number of aryl methyl sites for hydroxylation is 2. The number of nitrogens with one attached hydrogen (secondary N) is 1. The van der Waals surface area contributed by atoms with E-state index in [1.54, 1.807) is 12.1 Å². The van der Waals surface area contributed by atoms with Crippen molar-refractivity contribution in [1.29, 1.82) is 0 Å². The highest BCUT2D eigenvalue weighted by molar-refractivity contribution is 6.32. The van der Waals surface area contributed by atoms with Crippen LogP contribution in [0.3, 0.4) is 0 Å². The van der Waals surface area contributed by atoms with Gasteiger partial charge in [-0.25, -0.2) is 0 Å². The Balaban J connectivity index is 1.60. The Kier molecular flexibility index (Phi) is 4.56. The highest BCUT2D eigenvalue weighted by atomic mass is 35.5. The van der Waals surface area contributed by atoms with Crippen LogP contribution in [0.25, 0.3) is 10.8 Å². The van der Waals surface area contributed by atoms with Crippen LogP contribution in [0, 0.1) is 0 Å². The van der Waals surface area contributed by atoms with Crippen LogP contribution in [0.4, 0.5) is 5.69 Å². The van der Waals surface area contributed by atoms with Crippen LogP contribution in [0.1, 0.15) is 24.5 Å². The molecule has 1 N–H and O–H groups in total. The second kappa shape index (κ2) is 7.00. The van der Waals surface area contributed by atoms with E-state index in [2.05, 4.69) is 29.6 Å². The van der Waals surface area contributed by atoms with Gasteiger partial charge in [-0.3, -0.25) is 4.79 Å². The molecule has 132 valence electrons. The van der Waals surface area contributed by atoms with E-state index in [0.29, 0.717) is 17.2 Å². The van der Waals surface area contributed by atoms with Gasteiger partial charge in [-0.05, 0) is 54.0 Å². The molecule has 0 radical (unpaired) electrons. The summed E-state index contributed by atoms with van der Waals surface area (Å²) < 4.78 is 5.86. The van der Waals surface area contributed by atoms with Crippen LogP contribution in [0.2, 0.25) is 5.02 Å². The molecule has 4 rings (SSSR count). The summed E-state index contributed by atoms with van der Waals surface area (Å²) in [5.41, 5.74) is 3.54. The van der Waals surface area contributed by atoms with E-state index in [-0.39, 0.29) is 5.91 Å². The number of ether oxygens (including phenoxy) is 1. The number of carbonyl (C=O) groups is 1. The number of amides is 1. The largest absolute Gasteiger partial charge is 0.479 e. The average molecular weight is 366 g/mol. The molecule has 1 amide bonds. The van der Waals surface area contributed by atoms with Gasteiger partial charge in [-0.2, -0.15) is 0 Å². The van der Waals surface area contributed by atoms with Crippen molar-refractivity contribution in [2.45, 2.75) is 32.3 Å². The molecule has 0 spiro atoms. The lowest BCUT2D eigenvalue weighted by atomic mass is 10.0. The molecule has 3 nitrogen and oxygen atoms in total. The van der Waals surface area contributed by atoms with Crippen LogP contribution in [0.5, 0.6) is 5.75 Å². The fraction of sp³-hybridized carbons (Fsp3) is 0.227. The van der Waals surface area contributed by atoms with Crippen LogP contribution < -0.4 is 10.1 Å². The second-order valence-corrected chi connectivity index (χ2v) is 6.95. The quantitative estimate of drug-likeness (QED) is 0.658. The predicted octanol–water partition coefficient (Wildman–Crippen LogP) is 5.39.